The molecule has 0 spiro atoms. The van der Waals surface area contributed by atoms with Crippen molar-refractivity contribution in [3.05, 3.63) is 29.3 Å². The fraction of sp³-hybridized carbons (Fsp3) is 0.500. The molecule has 2 N–H and O–H groups in total. The van der Waals surface area contributed by atoms with Crippen LogP contribution in [0.4, 0.5) is 5.69 Å². The first-order chi connectivity index (χ1) is 7.83. The molecule has 0 aliphatic carbocycles. The number of nitrogens with two attached hydrogens (primary N) is 1. The Kier molecular flexibility index (Phi) is 4.54. The Morgan fingerprint density at radius 2 is 2.00 bits per heavy atom. The molecule has 1 rings (SSSR count). The summed E-state index contributed by atoms with van der Waals surface area (Å²) in [4.78, 5) is 1.96. The van der Waals surface area contributed by atoms with E-state index in [1.54, 1.807) is 0 Å². The van der Waals surface area contributed by atoms with E-state index in [-0.39, 0.29) is 5.75 Å². The Bertz CT molecular complexity index is 483. The molecule has 0 amide bonds. The predicted octanol–water partition coefficient (Wildman–Crippen LogP) is 0.935. The molecule has 0 saturated carbocycles. The Morgan fingerprint density at radius 1 is 1.35 bits per heavy atom. The first kappa shape index (κ1) is 14.0. The van der Waals surface area contributed by atoms with Crippen LogP contribution in [0.25, 0.3) is 0 Å². The van der Waals surface area contributed by atoms with Gasteiger partial charge < -0.3 is 10.6 Å². The van der Waals surface area contributed by atoms with E-state index in [1.807, 2.05) is 37.1 Å². The molecular formula is C12H20N2O2S. The molecule has 5 heteroatoms. The average molecular weight is 256 g/mol. The van der Waals surface area contributed by atoms with E-state index in [1.165, 1.54) is 6.26 Å². The summed E-state index contributed by atoms with van der Waals surface area (Å²) in [6, 6.07) is 5.99. The zero-order valence-electron chi connectivity index (χ0n) is 10.6. The zero-order valence-corrected chi connectivity index (χ0v) is 11.4. The lowest BCUT2D eigenvalue weighted by Crippen LogP contribution is -2.25. The molecule has 1 aromatic carbocycles. The normalized spacial score (nSPS) is 11.5. The minimum atomic E-state index is -2.91. The van der Waals surface area contributed by atoms with Crippen LogP contribution >= 0.6 is 0 Å². The van der Waals surface area contributed by atoms with Gasteiger partial charge in [-0.2, -0.15) is 0 Å². The summed E-state index contributed by atoms with van der Waals surface area (Å²) in [6.07, 6.45) is 1.26. The second-order valence-electron chi connectivity index (χ2n) is 4.38. The van der Waals surface area contributed by atoms with Gasteiger partial charge in [-0.15, -0.1) is 0 Å². The van der Waals surface area contributed by atoms with Gasteiger partial charge in [-0.25, -0.2) is 8.42 Å². The van der Waals surface area contributed by atoms with Crippen LogP contribution in [0.2, 0.25) is 0 Å². The van der Waals surface area contributed by atoms with Crippen LogP contribution in [0.15, 0.2) is 18.2 Å². The number of aryl methyl sites for hydroxylation is 1. The molecule has 17 heavy (non-hydrogen) atoms. The van der Waals surface area contributed by atoms with Gasteiger partial charge in [0.1, 0.15) is 9.84 Å². The van der Waals surface area contributed by atoms with Gasteiger partial charge in [0, 0.05) is 32.1 Å². The molecule has 0 saturated heterocycles. The van der Waals surface area contributed by atoms with Crippen molar-refractivity contribution in [2.75, 3.05) is 30.5 Å². The average Bonchev–Trinajstić information content (AvgIpc) is 2.24. The van der Waals surface area contributed by atoms with Gasteiger partial charge in [0.2, 0.25) is 0 Å². The minimum absolute atomic E-state index is 0.168. The number of nitrogens with zero attached hydrogens (tertiary/aromatic N) is 1. The highest BCUT2D eigenvalue weighted by Crippen LogP contribution is 2.19. The molecule has 0 atom stereocenters. The maximum atomic E-state index is 11.1. The fourth-order valence-corrected chi connectivity index (χ4v) is 2.30. The standard InChI is InChI=1S/C12H20N2O2S/c1-10-8-11(9-13)4-5-12(10)14(2)6-7-17(3,15)16/h4-5,8H,6-7,9,13H2,1-3H3. The largest absolute Gasteiger partial charge is 0.373 e. The first-order valence-electron chi connectivity index (χ1n) is 5.52. The lowest BCUT2D eigenvalue weighted by molar-refractivity contribution is 0.601. The number of hydrogen-bond acceptors (Lipinski definition) is 4. The van der Waals surface area contributed by atoms with Crippen LogP contribution < -0.4 is 10.6 Å². The molecule has 0 unspecified atom stereocenters. The Labute approximate surface area is 103 Å². The van der Waals surface area contributed by atoms with Crippen molar-refractivity contribution in [2.24, 2.45) is 5.73 Å². The second kappa shape index (κ2) is 5.51. The highest BCUT2D eigenvalue weighted by atomic mass is 32.2. The highest BCUT2D eigenvalue weighted by molar-refractivity contribution is 7.90. The summed E-state index contributed by atoms with van der Waals surface area (Å²) in [7, 11) is -1.02. The molecule has 1 aromatic rings. The number of sulfone groups is 1. The van der Waals surface area contributed by atoms with Crippen LogP contribution in [-0.4, -0.2) is 34.0 Å². The molecule has 0 radical (unpaired) electrons. The SMILES string of the molecule is Cc1cc(CN)ccc1N(C)CCS(C)(=O)=O. The Balaban J connectivity index is 2.79. The number of benzene rings is 1. The summed E-state index contributed by atoms with van der Waals surface area (Å²) in [5.74, 6) is 0.168. The Morgan fingerprint density at radius 3 is 2.47 bits per heavy atom. The van der Waals surface area contributed by atoms with Crippen molar-refractivity contribution in [1.29, 1.82) is 0 Å². The van der Waals surface area contributed by atoms with Crippen LogP contribution in [0.1, 0.15) is 11.1 Å². The summed E-state index contributed by atoms with van der Waals surface area (Å²) < 4.78 is 22.2. The van der Waals surface area contributed by atoms with Crippen LogP contribution in [-0.2, 0) is 16.4 Å². The summed E-state index contributed by atoms with van der Waals surface area (Å²) in [5, 5.41) is 0. The minimum Gasteiger partial charge on any atom is -0.373 e. The maximum absolute atomic E-state index is 11.1. The van der Waals surface area contributed by atoms with Crippen molar-refractivity contribution in [2.45, 2.75) is 13.5 Å². The monoisotopic (exact) mass is 256 g/mol. The molecule has 0 fully saturated rings. The quantitative estimate of drug-likeness (QED) is 0.851. The van der Waals surface area contributed by atoms with Crippen molar-refractivity contribution in [3.63, 3.8) is 0 Å². The van der Waals surface area contributed by atoms with Crippen molar-refractivity contribution >= 4 is 15.5 Å². The smallest absolute Gasteiger partial charge is 0.149 e. The number of anilines is 1. The molecule has 96 valence electrons. The van der Waals surface area contributed by atoms with Crippen molar-refractivity contribution < 1.29 is 8.42 Å². The molecule has 0 aromatic heterocycles. The van der Waals surface area contributed by atoms with Crippen molar-refractivity contribution in [1.82, 2.24) is 0 Å². The predicted molar refractivity (Wildman–Crippen MR) is 72.1 cm³/mol. The van der Waals surface area contributed by atoms with Gasteiger partial charge >= 0.3 is 0 Å². The van der Waals surface area contributed by atoms with E-state index in [0.29, 0.717) is 13.1 Å². The van der Waals surface area contributed by atoms with E-state index in [4.69, 9.17) is 5.73 Å². The number of rotatable bonds is 5. The molecule has 4 nitrogen and oxygen atoms in total. The van der Waals surface area contributed by atoms with E-state index in [9.17, 15) is 8.42 Å². The van der Waals surface area contributed by atoms with Crippen LogP contribution in [0, 0.1) is 6.92 Å². The maximum Gasteiger partial charge on any atom is 0.149 e. The van der Waals surface area contributed by atoms with Gasteiger partial charge in [-0.3, -0.25) is 0 Å². The van der Waals surface area contributed by atoms with Crippen molar-refractivity contribution in [3.8, 4) is 0 Å². The zero-order chi connectivity index (χ0) is 13.1. The van der Waals surface area contributed by atoms with Gasteiger partial charge in [-0.1, -0.05) is 12.1 Å². The lowest BCUT2D eigenvalue weighted by atomic mass is 10.1. The third-order valence-electron chi connectivity index (χ3n) is 2.71. The van der Waals surface area contributed by atoms with Gasteiger partial charge in [0.05, 0.1) is 5.75 Å². The van der Waals surface area contributed by atoms with E-state index < -0.39 is 9.84 Å². The fourth-order valence-electron chi connectivity index (χ4n) is 1.70. The summed E-state index contributed by atoms with van der Waals surface area (Å²) in [6.45, 7) is 3.03. The lowest BCUT2D eigenvalue weighted by Gasteiger charge is -2.21. The summed E-state index contributed by atoms with van der Waals surface area (Å²) in [5.41, 5.74) is 8.82. The van der Waals surface area contributed by atoms with Gasteiger partial charge in [0.25, 0.3) is 0 Å². The van der Waals surface area contributed by atoms with E-state index in [0.717, 1.165) is 16.8 Å². The Hall–Kier alpha value is -1.07. The molecule has 0 bridgehead atoms. The second-order valence-corrected chi connectivity index (χ2v) is 6.64. The van der Waals surface area contributed by atoms with E-state index >= 15 is 0 Å². The van der Waals surface area contributed by atoms with Crippen LogP contribution in [0.3, 0.4) is 0 Å². The number of hydrogen-bond donors (Lipinski definition) is 1. The molecular weight excluding hydrogens is 236 g/mol. The molecule has 0 heterocycles. The highest BCUT2D eigenvalue weighted by Gasteiger charge is 2.08. The third-order valence-corrected chi connectivity index (χ3v) is 3.63. The van der Waals surface area contributed by atoms with Crippen LogP contribution in [0.5, 0.6) is 0 Å². The topological polar surface area (TPSA) is 63.4 Å². The molecule has 0 aliphatic heterocycles. The molecule has 0 aliphatic rings. The summed E-state index contributed by atoms with van der Waals surface area (Å²) >= 11 is 0. The van der Waals surface area contributed by atoms with Gasteiger partial charge in [-0.05, 0) is 24.1 Å². The van der Waals surface area contributed by atoms with E-state index in [2.05, 4.69) is 0 Å². The first-order valence-corrected chi connectivity index (χ1v) is 7.58. The van der Waals surface area contributed by atoms with Gasteiger partial charge in [0.15, 0.2) is 0 Å². The third kappa shape index (κ3) is 4.36.